The van der Waals surface area contributed by atoms with Gasteiger partial charge in [0.25, 0.3) is 0 Å². The molecule has 0 aliphatic heterocycles. The van der Waals surface area contributed by atoms with Crippen molar-refractivity contribution in [2.24, 2.45) is 5.73 Å². The number of hydrogen-bond acceptors (Lipinski definition) is 2. The molecule has 3 heteroatoms. The second-order valence-electron chi connectivity index (χ2n) is 3.42. The maximum atomic E-state index is 5.57. The van der Waals surface area contributed by atoms with Gasteiger partial charge in [-0.1, -0.05) is 24.3 Å². The topological polar surface area (TPSA) is 35.2 Å². The Morgan fingerprint density at radius 3 is 2.57 bits per heavy atom. The molecule has 0 fully saturated rings. The average Bonchev–Trinajstić information content (AvgIpc) is 2.08. The van der Waals surface area contributed by atoms with Crippen LogP contribution in [0.3, 0.4) is 0 Å². The second-order valence-corrected chi connectivity index (χ2v) is 3.42. The Morgan fingerprint density at radius 2 is 2.00 bits per heavy atom. The molecular formula is C11H18ClNO. The highest BCUT2D eigenvalue weighted by Gasteiger charge is 1.98. The quantitative estimate of drug-likeness (QED) is 0.837. The molecule has 1 unspecified atom stereocenters. The first kappa shape index (κ1) is 13.4. The number of hydrogen-bond donors (Lipinski definition) is 1. The second kappa shape index (κ2) is 6.82. The lowest BCUT2D eigenvalue weighted by molar-refractivity contribution is 0.111. The molecule has 0 bridgehead atoms. The fraction of sp³-hybridized carbons (Fsp3) is 0.455. The Bertz CT molecular complexity index is 263. The molecule has 0 spiro atoms. The van der Waals surface area contributed by atoms with E-state index in [-0.39, 0.29) is 18.4 Å². The fourth-order valence-corrected chi connectivity index (χ4v) is 1.13. The first-order valence-corrected chi connectivity index (χ1v) is 4.58. The Kier molecular flexibility index (Phi) is 6.54. The molecule has 2 N–H and O–H groups in total. The summed E-state index contributed by atoms with van der Waals surface area (Å²) in [5, 5.41) is 0. The monoisotopic (exact) mass is 215 g/mol. The predicted molar refractivity (Wildman–Crippen MR) is 61.7 cm³/mol. The van der Waals surface area contributed by atoms with E-state index in [2.05, 4.69) is 19.1 Å². The summed E-state index contributed by atoms with van der Waals surface area (Å²) in [5.41, 5.74) is 8.08. The molecule has 0 heterocycles. The van der Waals surface area contributed by atoms with Crippen molar-refractivity contribution in [3.63, 3.8) is 0 Å². The lowest BCUT2D eigenvalue weighted by Crippen LogP contribution is -2.21. The number of halogens is 1. The van der Waals surface area contributed by atoms with E-state index in [0.717, 1.165) is 0 Å². The number of rotatable bonds is 4. The van der Waals surface area contributed by atoms with Crippen molar-refractivity contribution < 1.29 is 4.74 Å². The molecule has 80 valence electrons. The van der Waals surface area contributed by atoms with Crippen molar-refractivity contribution in [1.82, 2.24) is 0 Å². The van der Waals surface area contributed by atoms with E-state index in [1.165, 1.54) is 11.1 Å². The van der Waals surface area contributed by atoms with Gasteiger partial charge in [-0.3, -0.25) is 0 Å². The van der Waals surface area contributed by atoms with Gasteiger partial charge in [-0.2, -0.15) is 0 Å². The molecular weight excluding hydrogens is 198 g/mol. The Labute approximate surface area is 91.9 Å². The van der Waals surface area contributed by atoms with E-state index in [4.69, 9.17) is 10.5 Å². The van der Waals surface area contributed by atoms with Crippen LogP contribution in [0.1, 0.15) is 18.1 Å². The van der Waals surface area contributed by atoms with Crippen LogP contribution >= 0.6 is 12.4 Å². The minimum Gasteiger partial charge on any atom is -0.375 e. The zero-order valence-corrected chi connectivity index (χ0v) is 9.51. The first-order chi connectivity index (χ1) is 6.20. The van der Waals surface area contributed by atoms with Crippen LogP contribution < -0.4 is 5.73 Å². The van der Waals surface area contributed by atoms with Gasteiger partial charge in [-0.05, 0) is 25.0 Å². The highest BCUT2D eigenvalue weighted by atomic mass is 35.5. The van der Waals surface area contributed by atoms with Gasteiger partial charge in [0, 0.05) is 6.04 Å². The molecule has 0 saturated carbocycles. The maximum Gasteiger partial charge on any atom is 0.0720 e. The van der Waals surface area contributed by atoms with Crippen LogP contribution in [0.2, 0.25) is 0 Å². The third-order valence-electron chi connectivity index (χ3n) is 1.90. The van der Waals surface area contributed by atoms with Crippen molar-refractivity contribution in [2.45, 2.75) is 26.5 Å². The lowest BCUT2D eigenvalue weighted by Gasteiger charge is -2.08. The normalized spacial score (nSPS) is 11.9. The molecule has 1 aromatic carbocycles. The first-order valence-electron chi connectivity index (χ1n) is 4.58. The summed E-state index contributed by atoms with van der Waals surface area (Å²) in [6, 6.07) is 8.34. The number of nitrogens with two attached hydrogens (primary N) is 1. The standard InChI is InChI=1S/C11H17NO.ClH/c1-9-5-3-4-6-11(9)8-13-7-10(2)12;/h3-6,10H,7-8,12H2,1-2H3;1H. The minimum absolute atomic E-state index is 0. The molecule has 0 aliphatic carbocycles. The highest BCUT2D eigenvalue weighted by Crippen LogP contribution is 2.07. The van der Waals surface area contributed by atoms with E-state index in [0.29, 0.717) is 13.2 Å². The molecule has 1 aromatic rings. The summed E-state index contributed by atoms with van der Waals surface area (Å²) in [6.07, 6.45) is 0. The summed E-state index contributed by atoms with van der Waals surface area (Å²) < 4.78 is 5.44. The summed E-state index contributed by atoms with van der Waals surface area (Å²) in [4.78, 5) is 0. The van der Waals surface area contributed by atoms with Crippen molar-refractivity contribution in [3.05, 3.63) is 35.4 Å². The maximum absolute atomic E-state index is 5.57. The summed E-state index contributed by atoms with van der Waals surface area (Å²) in [6.45, 7) is 5.31. The van der Waals surface area contributed by atoms with Crippen LogP contribution in [0.15, 0.2) is 24.3 Å². The van der Waals surface area contributed by atoms with Crippen molar-refractivity contribution in [1.29, 1.82) is 0 Å². The lowest BCUT2D eigenvalue weighted by atomic mass is 10.1. The van der Waals surface area contributed by atoms with Gasteiger partial charge in [-0.25, -0.2) is 0 Å². The SMILES string of the molecule is Cc1ccccc1COCC(C)N.Cl. The van der Waals surface area contributed by atoms with Crippen LogP contribution in [0, 0.1) is 6.92 Å². The average molecular weight is 216 g/mol. The summed E-state index contributed by atoms with van der Waals surface area (Å²) in [5.74, 6) is 0. The van der Waals surface area contributed by atoms with Gasteiger partial charge in [-0.15, -0.1) is 12.4 Å². The molecule has 0 aromatic heterocycles. The Balaban J connectivity index is 0.00000169. The smallest absolute Gasteiger partial charge is 0.0720 e. The molecule has 2 nitrogen and oxygen atoms in total. The molecule has 14 heavy (non-hydrogen) atoms. The molecule has 0 amide bonds. The zero-order valence-electron chi connectivity index (χ0n) is 8.69. The summed E-state index contributed by atoms with van der Waals surface area (Å²) >= 11 is 0. The highest BCUT2D eigenvalue weighted by molar-refractivity contribution is 5.85. The van der Waals surface area contributed by atoms with E-state index in [9.17, 15) is 0 Å². The van der Waals surface area contributed by atoms with E-state index >= 15 is 0 Å². The van der Waals surface area contributed by atoms with Gasteiger partial charge < -0.3 is 10.5 Å². The summed E-state index contributed by atoms with van der Waals surface area (Å²) in [7, 11) is 0. The van der Waals surface area contributed by atoms with E-state index in [1.807, 2.05) is 19.1 Å². The third kappa shape index (κ3) is 4.61. The molecule has 1 rings (SSSR count). The van der Waals surface area contributed by atoms with Crippen LogP contribution in [0.4, 0.5) is 0 Å². The Morgan fingerprint density at radius 1 is 1.36 bits per heavy atom. The molecule has 0 aliphatic rings. The molecule has 0 saturated heterocycles. The van der Waals surface area contributed by atoms with Crippen molar-refractivity contribution in [3.8, 4) is 0 Å². The van der Waals surface area contributed by atoms with Gasteiger partial charge in [0.05, 0.1) is 13.2 Å². The Hall–Kier alpha value is -0.570. The van der Waals surface area contributed by atoms with Gasteiger partial charge in [0.2, 0.25) is 0 Å². The van der Waals surface area contributed by atoms with Gasteiger partial charge in [0.1, 0.15) is 0 Å². The van der Waals surface area contributed by atoms with Gasteiger partial charge in [0.15, 0.2) is 0 Å². The predicted octanol–water partition coefficient (Wildman–Crippen LogP) is 2.28. The largest absolute Gasteiger partial charge is 0.375 e. The van der Waals surface area contributed by atoms with Crippen LogP contribution in [0.5, 0.6) is 0 Å². The van der Waals surface area contributed by atoms with Crippen LogP contribution in [0.25, 0.3) is 0 Å². The number of ether oxygens (including phenoxy) is 1. The van der Waals surface area contributed by atoms with E-state index < -0.39 is 0 Å². The number of benzene rings is 1. The van der Waals surface area contributed by atoms with E-state index in [1.54, 1.807) is 0 Å². The number of aryl methyl sites for hydroxylation is 1. The fourth-order valence-electron chi connectivity index (χ4n) is 1.13. The zero-order chi connectivity index (χ0) is 9.68. The molecule has 1 atom stereocenters. The van der Waals surface area contributed by atoms with Crippen molar-refractivity contribution >= 4 is 12.4 Å². The van der Waals surface area contributed by atoms with Crippen LogP contribution in [-0.2, 0) is 11.3 Å². The van der Waals surface area contributed by atoms with Crippen LogP contribution in [-0.4, -0.2) is 12.6 Å². The van der Waals surface area contributed by atoms with Gasteiger partial charge >= 0.3 is 0 Å². The third-order valence-corrected chi connectivity index (χ3v) is 1.90. The minimum atomic E-state index is 0. The molecule has 0 radical (unpaired) electrons. The van der Waals surface area contributed by atoms with Crippen molar-refractivity contribution in [2.75, 3.05) is 6.61 Å².